The average molecular weight is 488 g/mol. The lowest BCUT2D eigenvalue weighted by atomic mass is 10.1. The summed E-state index contributed by atoms with van der Waals surface area (Å²) in [6.07, 6.45) is 0.872. The quantitative estimate of drug-likeness (QED) is 0.632. The Bertz CT molecular complexity index is 1180. The number of hydrogen-bond acceptors (Lipinski definition) is 6. The molecule has 34 heavy (non-hydrogen) atoms. The number of carbonyl (C=O) groups excluding carboxylic acids is 2. The largest absolute Gasteiger partial charge is 0.497 e. The lowest BCUT2D eigenvalue weighted by Gasteiger charge is -2.26. The van der Waals surface area contributed by atoms with Crippen molar-refractivity contribution in [3.63, 3.8) is 0 Å². The van der Waals surface area contributed by atoms with E-state index in [9.17, 15) is 18.0 Å². The number of ether oxygens (including phenoxy) is 2. The Morgan fingerprint density at radius 1 is 1.15 bits per heavy atom. The number of fused-ring (bicyclic) bond motifs is 1. The van der Waals surface area contributed by atoms with Gasteiger partial charge in [0.05, 0.1) is 25.2 Å². The number of anilines is 1. The number of rotatable bonds is 7. The van der Waals surface area contributed by atoms with Crippen LogP contribution in [0.1, 0.15) is 18.1 Å². The predicted octanol–water partition coefficient (Wildman–Crippen LogP) is 1.35. The summed E-state index contributed by atoms with van der Waals surface area (Å²) in [6, 6.07) is 11.6. The van der Waals surface area contributed by atoms with Crippen molar-refractivity contribution < 1.29 is 27.5 Å². The van der Waals surface area contributed by atoms with Crippen LogP contribution in [0.15, 0.2) is 47.4 Å². The molecule has 1 fully saturated rings. The standard InChI is InChI=1S/C24H29N3O6S/c1-17(28)27-22-7-6-21(34(30,31)26-10-12-33-13-11-26)15-19(22)16-23(27)24(29)25-9-8-18-4-3-5-20(14-18)32-2/h3-7,14-15,23H,8-13,16H2,1-2H3,(H,25,29). The number of carbonyl (C=O) groups is 2. The Morgan fingerprint density at radius 2 is 1.91 bits per heavy atom. The first-order chi connectivity index (χ1) is 16.3. The third kappa shape index (κ3) is 4.94. The molecule has 0 bridgehead atoms. The van der Waals surface area contributed by atoms with Crippen molar-refractivity contribution >= 4 is 27.5 Å². The van der Waals surface area contributed by atoms with Gasteiger partial charge in [0, 0.05) is 38.7 Å². The van der Waals surface area contributed by atoms with Crippen LogP contribution in [0.4, 0.5) is 5.69 Å². The normalized spacial score (nSPS) is 18.4. The smallest absolute Gasteiger partial charge is 0.243 e. The van der Waals surface area contributed by atoms with E-state index < -0.39 is 16.1 Å². The van der Waals surface area contributed by atoms with Crippen molar-refractivity contribution in [1.82, 2.24) is 9.62 Å². The second-order valence-electron chi connectivity index (χ2n) is 8.31. The molecule has 1 N–H and O–H groups in total. The molecule has 0 saturated carbocycles. The monoisotopic (exact) mass is 487 g/mol. The van der Waals surface area contributed by atoms with Crippen molar-refractivity contribution in [1.29, 1.82) is 0 Å². The fourth-order valence-corrected chi connectivity index (χ4v) is 5.86. The van der Waals surface area contributed by atoms with Crippen LogP contribution >= 0.6 is 0 Å². The van der Waals surface area contributed by atoms with Gasteiger partial charge in [0.15, 0.2) is 0 Å². The van der Waals surface area contributed by atoms with Crippen molar-refractivity contribution in [3.05, 3.63) is 53.6 Å². The van der Waals surface area contributed by atoms with Gasteiger partial charge in [-0.05, 0) is 47.9 Å². The van der Waals surface area contributed by atoms with Crippen molar-refractivity contribution in [2.24, 2.45) is 0 Å². The Labute approximate surface area is 199 Å². The van der Waals surface area contributed by atoms with E-state index in [1.165, 1.54) is 22.2 Å². The van der Waals surface area contributed by atoms with E-state index in [0.29, 0.717) is 50.5 Å². The molecule has 10 heteroatoms. The molecule has 2 amide bonds. The molecule has 0 spiro atoms. The third-order valence-electron chi connectivity index (χ3n) is 6.13. The van der Waals surface area contributed by atoms with E-state index in [2.05, 4.69) is 5.32 Å². The first-order valence-electron chi connectivity index (χ1n) is 11.2. The average Bonchev–Trinajstić information content (AvgIpc) is 3.24. The summed E-state index contributed by atoms with van der Waals surface area (Å²) >= 11 is 0. The van der Waals surface area contributed by atoms with Crippen LogP contribution in [0.5, 0.6) is 5.75 Å². The number of nitrogens with zero attached hydrogens (tertiary/aromatic N) is 2. The van der Waals surface area contributed by atoms with Gasteiger partial charge >= 0.3 is 0 Å². The zero-order chi connectivity index (χ0) is 24.3. The van der Waals surface area contributed by atoms with Crippen LogP contribution in [0.3, 0.4) is 0 Å². The number of sulfonamides is 1. The Morgan fingerprint density at radius 3 is 2.62 bits per heavy atom. The van der Waals surface area contributed by atoms with Crippen LogP contribution in [0.25, 0.3) is 0 Å². The fourth-order valence-electron chi connectivity index (χ4n) is 4.40. The van der Waals surface area contributed by atoms with Crippen LogP contribution in [0.2, 0.25) is 0 Å². The van der Waals surface area contributed by atoms with Gasteiger partial charge in [-0.15, -0.1) is 0 Å². The third-order valence-corrected chi connectivity index (χ3v) is 8.03. The molecule has 4 rings (SSSR count). The Hall–Kier alpha value is -2.95. The molecule has 1 unspecified atom stereocenters. The summed E-state index contributed by atoms with van der Waals surface area (Å²) in [5, 5.41) is 2.91. The highest BCUT2D eigenvalue weighted by Gasteiger charge is 2.38. The summed E-state index contributed by atoms with van der Waals surface area (Å²) in [7, 11) is -2.07. The zero-order valence-corrected chi connectivity index (χ0v) is 20.1. The van der Waals surface area contributed by atoms with Crippen LogP contribution < -0.4 is 15.0 Å². The van der Waals surface area contributed by atoms with Gasteiger partial charge in [-0.1, -0.05) is 12.1 Å². The zero-order valence-electron chi connectivity index (χ0n) is 19.3. The minimum absolute atomic E-state index is 0.163. The molecular weight excluding hydrogens is 458 g/mol. The second kappa shape index (κ2) is 10.1. The summed E-state index contributed by atoms with van der Waals surface area (Å²) in [4.78, 5) is 27.0. The van der Waals surface area contributed by atoms with Crippen molar-refractivity contribution in [2.45, 2.75) is 30.7 Å². The lowest BCUT2D eigenvalue weighted by Crippen LogP contribution is -2.47. The van der Waals surface area contributed by atoms with Gasteiger partial charge in [0.2, 0.25) is 21.8 Å². The predicted molar refractivity (Wildman–Crippen MR) is 126 cm³/mol. The fraction of sp³-hybridized carbons (Fsp3) is 0.417. The Kier molecular flexibility index (Phi) is 7.20. The molecular formula is C24H29N3O6S. The van der Waals surface area contributed by atoms with Gasteiger partial charge in [-0.2, -0.15) is 4.31 Å². The van der Waals surface area contributed by atoms with Crippen LogP contribution in [0, 0.1) is 0 Å². The molecule has 1 saturated heterocycles. The molecule has 2 aliphatic rings. The molecule has 2 heterocycles. The van der Waals surface area contributed by atoms with Gasteiger partial charge < -0.3 is 14.8 Å². The highest BCUT2D eigenvalue weighted by molar-refractivity contribution is 7.89. The second-order valence-corrected chi connectivity index (χ2v) is 10.2. The number of amides is 2. The maximum Gasteiger partial charge on any atom is 0.243 e. The van der Waals surface area contributed by atoms with Gasteiger partial charge in [-0.25, -0.2) is 8.42 Å². The molecule has 0 radical (unpaired) electrons. The van der Waals surface area contributed by atoms with Gasteiger partial charge in [-0.3, -0.25) is 14.5 Å². The van der Waals surface area contributed by atoms with E-state index in [1.54, 1.807) is 19.2 Å². The number of benzene rings is 2. The molecule has 1 atom stereocenters. The topological polar surface area (TPSA) is 105 Å². The van der Waals surface area contributed by atoms with Crippen LogP contribution in [-0.4, -0.2) is 70.5 Å². The van der Waals surface area contributed by atoms with Crippen molar-refractivity contribution in [3.8, 4) is 5.75 Å². The summed E-state index contributed by atoms with van der Waals surface area (Å²) in [6.45, 7) is 3.14. The first kappa shape index (κ1) is 24.2. The molecule has 9 nitrogen and oxygen atoms in total. The van der Waals surface area contributed by atoms with E-state index in [1.807, 2.05) is 24.3 Å². The molecule has 2 aromatic carbocycles. The molecule has 0 aromatic heterocycles. The van der Waals surface area contributed by atoms with Gasteiger partial charge in [0.25, 0.3) is 0 Å². The van der Waals surface area contributed by atoms with Crippen LogP contribution in [-0.2, 0) is 37.2 Å². The van der Waals surface area contributed by atoms with Crippen molar-refractivity contribution in [2.75, 3.05) is 44.9 Å². The van der Waals surface area contributed by atoms with E-state index >= 15 is 0 Å². The molecule has 2 aromatic rings. The Balaban J connectivity index is 1.47. The molecule has 0 aliphatic carbocycles. The minimum atomic E-state index is -3.67. The molecule has 2 aliphatic heterocycles. The molecule has 182 valence electrons. The maximum atomic E-state index is 13.0. The van der Waals surface area contributed by atoms with E-state index in [0.717, 1.165) is 11.3 Å². The number of nitrogens with one attached hydrogen (secondary N) is 1. The summed E-state index contributed by atoms with van der Waals surface area (Å²) < 4.78 is 38.0. The SMILES string of the molecule is COc1cccc(CCNC(=O)C2Cc3cc(S(=O)(=O)N4CCOCC4)ccc3N2C(C)=O)c1. The minimum Gasteiger partial charge on any atom is -0.497 e. The highest BCUT2D eigenvalue weighted by atomic mass is 32.2. The van der Waals surface area contributed by atoms with E-state index in [-0.39, 0.29) is 23.1 Å². The highest BCUT2D eigenvalue weighted by Crippen LogP contribution is 2.35. The summed E-state index contributed by atoms with van der Waals surface area (Å²) in [5.41, 5.74) is 2.26. The lowest BCUT2D eigenvalue weighted by molar-refractivity contribution is -0.125. The summed E-state index contributed by atoms with van der Waals surface area (Å²) in [5.74, 6) is 0.211. The number of methoxy groups -OCH3 is 1. The number of hydrogen-bond donors (Lipinski definition) is 1. The first-order valence-corrected chi connectivity index (χ1v) is 12.7. The maximum absolute atomic E-state index is 13.0. The van der Waals surface area contributed by atoms with Gasteiger partial charge in [0.1, 0.15) is 11.8 Å². The van der Waals surface area contributed by atoms with E-state index in [4.69, 9.17) is 9.47 Å². The number of morpholine rings is 1.